The average molecular weight is 294 g/mol. The van der Waals surface area contributed by atoms with Gasteiger partial charge in [-0.2, -0.15) is 0 Å². The number of fused-ring (bicyclic) bond motifs is 1. The Morgan fingerprint density at radius 1 is 1.52 bits per heavy atom. The van der Waals surface area contributed by atoms with Gasteiger partial charge in [-0.3, -0.25) is 4.79 Å². The highest BCUT2D eigenvalue weighted by Crippen LogP contribution is 2.33. The molecule has 0 saturated carbocycles. The molecule has 0 spiro atoms. The van der Waals surface area contributed by atoms with Gasteiger partial charge in [0.25, 0.3) is 0 Å². The standard InChI is InChI=1S/C14H18N2O5/c1-20-9(7-15)6-13(17)16-8-12(14(18)19)21-11-5-3-2-4-10(11)16/h2-5,9,12H,6-8,15H2,1H3,(H,18,19). The zero-order valence-corrected chi connectivity index (χ0v) is 11.7. The summed E-state index contributed by atoms with van der Waals surface area (Å²) in [7, 11) is 1.48. The highest BCUT2D eigenvalue weighted by Gasteiger charge is 2.34. The first-order valence-corrected chi connectivity index (χ1v) is 6.58. The number of hydrogen-bond donors (Lipinski definition) is 2. The molecule has 0 saturated heterocycles. The zero-order chi connectivity index (χ0) is 15.4. The van der Waals surface area contributed by atoms with Gasteiger partial charge in [0, 0.05) is 13.7 Å². The van der Waals surface area contributed by atoms with Crippen molar-refractivity contribution >= 4 is 17.6 Å². The molecule has 0 fully saturated rings. The molecule has 2 rings (SSSR count). The highest BCUT2D eigenvalue weighted by molar-refractivity contribution is 5.96. The van der Waals surface area contributed by atoms with Crippen molar-refractivity contribution in [3.05, 3.63) is 24.3 Å². The molecule has 2 unspecified atom stereocenters. The van der Waals surface area contributed by atoms with Crippen molar-refractivity contribution in [2.24, 2.45) is 5.73 Å². The third kappa shape index (κ3) is 3.32. The molecule has 7 heteroatoms. The summed E-state index contributed by atoms with van der Waals surface area (Å²) in [4.78, 5) is 25.0. The fourth-order valence-electron chi connectivity index (χ4n) is 2.17. The number of ether oxygens (including phenoxy) is 2. The van der Waals surface area contributed by atoms with Crippen molar-refractivity contribution in [3.63, 3.8) is 0 Å². The number of nitrogens with two attached hydrogens (primary N) is 1. The maximum Gasteiger partial charge on any atom is 0.346 e. The van der Waals surface area contributed by atoms with E-state index in [4.69, 9.17) is 20.3 Å². The van der Waals surface area contributed by atoms with E-state index in [1.165, 1.54) is 12.0 Å². The van der Waals surface area contributed by atoms with Crippen LogP contribution in [0.1, 0.15) is 6.42 Å². The Bertz CT molecular complexity index is 530. The fraction of sp³-hybridized carbons (Fsp3) is 0.429. The second-order valence-electron chi connectivity index (χ2n) is 4.71. The number of anilines is 1. The molecule has 0 aromatic heterocycles. The first kappa shape index (κ1) is 15.3. The molecular formula is C14H18N2O5. The van der Waals surface area contributed by atoms with Crippen molar-refractivity contribution in [2.75, 3.05) is 25.1 Å². The van der Waals surface area contributed by atoms with Crippen LogP contribution in [-0.2, 0) is 14.3 Å². The maximum atomic E-state index is 12.4. The summed E-state index contributed by atoms with van der Waals surface area (Å²) in [5, 5.41) is 9.13. The van der Waals surface area contributed by atoms with E-state index in [1.54, 1.807) is 24.3 Å². The molecule has 1 aliphatic rings. The van der Waals surface area contributed by atoms with Crippen molar-refractivity contribution in [3.8, 4) is 5.75 Å². The predicted octanol–water partition coefficient (Wildman–Crippen LogP) is 0.229. The van der Waals surface area contributed by atoms with Gasteiger partial charge in [-0.15, -0.1) is 0 Å². The Hall–Kier alpha value is -2.12. The summed E-state index contributed by atoms with van der Waals surface area (Å²) in [6.45, 7) is 0.183. The van der Waals surface area contributed by atoms with E-state index >= 15 is 0 Å². The number of benzene rings is 1. The lowest BCUT2D eigenvalue weighted by Crippen LogP contribution is -2.48. The first-order valence-electron chi connectivity index (χ1n) is 6.58. The van der Waals surface area contributed by atoms with Gasteiger partial charge in [0.05, 0.1) is 24.8 Å². The normalized spacial score (nSPS) is 18.6. The summed E-state index contributed by atoms with van der Waals surface area (Å²) in [5.74, 6) is -0.968. The van der Waals surface area contributed by atoms with Gasteiger partial charge >= 0.3 is 5.97 Å². The summed E-state index contributed by atoms with van der Waals surface area (Å²) < 4.78 is 10.5. The first-order chi connectivity index (χ1) is 10.1. The molecule has 0 radical (unpaired) electrons. The second kappa shape index (κ2) is 6.55. The van der Waals surface area contributed by atoms with Gasteiger partial charge in [0.1, 0.15) is 5.75 Å². The SMILES string of the molecule is COC(CN)CC(=O)N1CC(C(=O)O)Oc2ccccc21. The van der Waals surface area contributed by atoms with Crippen molar-refractivity contribution in [2.45, 2.75) is 18.6 Å². The van der Waals surface area contributed by atoms with Gasteiger partial charge in [-0.05, 0) is 12.1 Å². The van der Waals surface area contributed by atoms with E-state index in [-0.39, 0.29) is 25.4 Å². The summed E-state index contributed by atoms with van der Waals surface area (Å²) in [6, 6.07) is 6.85. The van der Waals surface area contributed by atoms with Crippen LogP contribution < -0.4 is 15.4 Å². The third-order valence-corrected chi connectivity index (χ3v) is 3.35. The summed E-state index contributed by atoms with van der Waals surface area (Å²) in [6.07, 6.45) is -1.38. The maximum absolute atomic E-state index is 12.4. The van der Waals surface area contributed by atoms with Crippen LogP contribution in [-0.4, -0.2) is 49.4 Å². The lowest BCUT2D eigenvalue weighted by molar-refractivity contribution is -0.145. The molecular weight excluding hydrogens is 276 g/mol. The van der Waals surface area contributed by atoms with Crippen molar-refractivity contribution < 1.29 is 24.2 Å². The smallest absolute Gasteiger partial charge is 0.346 e. The largest absolute Gasteiger partial charge is 0.478 e. The molecule has 3 N–H and O–H groups in total. The predicted molar refractivity (Wildman–Crippen MR) is 75.3 cm³/mol. The topological polar surface area (TPSA) is 102 Å². The average Bonchev–Trinajstić information content (AvgIpc) is 2.51. The van der Waals surface area contributed by atoms with Gasteiger partial charge in [-0.25, -0.2) is 4.79 Å². The molecule has 1 aromatic rings. The fourth-order valence-corrected chi connectivity index (χ4v) is 2.17. The number of amides is 1. The number of nitrogens with zero attached hydrogens (tertiary/aromatic N) is 1. The minimum absolute atomic E-state index is 0.0355. The quantitative estimate of drug-likeness (QED) is 0.806. The molecule has 1 aromatic carbocycles. The number of carboxylic acids is 1. The molecule has 2 atom stereocenters. The van der Waals surface area contributed by atoms with E-state index in [0.29, 0.717) is 11.4 Å². The highest BCUT2D eigenvalue weighted by atomic mass is 16.5. The lowest BCUT2D eigenvalue weighted by atomic mass is 10.1. The van der Waals surface area contributed by atoms with Crippen LogP contribution in [0.25, 0.3) is 0 Å². The zero-order valence-electron chi connectivity index (χ0n) is 11.7. The molecule has 114 valence electrons. The minimum atomic E-state index is -1.11. The Labute approximate surface area is 122 Å². The van der Waals surface area contributed by atoms with E-state index < -0.39 is 18.2 Å². The van der Waals surface area contributed by atoms with Gasteiger partial charge in [0.15, 0.2) is 0 Å². The molecule has 1 aliphatic heterocycles. The number of rotatable bonds is 5. The van der Waals surface area contributed by atoms with Crippen molar-refractivity contribution in [1.82, 2.24) is 0 Å². The number of para-hydroxylation sites is 2. The van der Waals surface area contributed by atoms with Crippen LogP contribution in [0.3, 0.4) is 0 Å². The molecule has 7 nitrogen and oxygen atoms in total. The van der Waals surface area contributed by atoms with Gasteiger partial charge in [-0.1, -0.05) is 12.1 Å². The van der Waals surface area contributed by atoms with Crippen LogP contribution in [0.15, 0.2) is 24.3 Å². The lowest BCUT2D eigenvalue weighted by Gasteiger charge is -2.33. The Morgan fingerprint density at radius 3 is 2.86 bits per heavy atom. The molecule has 1 amide bonds. The number of methoxy groups -OCH3 is 1. The van der Waals surface area contributed by atoms with Gasteiger partial charge in [0.2, 0.25) is 12.0 Å². The number of carboxylic acid groups (broad SMARTS) is 1. The van der Waals surface area contributed by atoms with E-state index in [9.17, 15) is 9.59 Å². The van der Waals surface area contributed by atoms with E-state index in [1.807, 2.05) is 0 Å². The molecule has 21 heavy (non-hydrogen) atoms. The van der Waals surface area contributed by atoms with Gasteiger partial charge < -0.3 is 25.2 Å². The molecule has 1 heterocycles. The third-order valence-electron chi connectivity index (χ3n) is 3.35. The Balaban J connectivity index is 2.24. The van der Waals surface area contributed by atoms with Crippen LogP contribution in [0.4, 0.5) is 5.69 Å². The number of hydrogen-bond acceptors (Lipinski definition) is 5. The van der Waals surface area contributed by atoms with Crippen molar-refractivity contribution in [1.29, 1.82) is 0 Å². The Morgan fingerprint density at radius 2 is 2.24 bits per heavy atom. The second-order valence-corrected chi connectivity index (χ2v) is 4.71. The minimum Gasteiger partial charge on any atom is -0.478 e. The van der Waals surface area contributed by atoms with E-state index in [2.05, 4.69) is 0 Å². The molecule has 0 bridgehead atoms. The van der Waals surface area contributed by atoms with E-state index in [0.717, 1.165) is 0 Å². The van der Waals surface area contributed by atoms with Crippen LogP contribution in [0, 0.1) is 0 Å². The number of carbonyl (C=O) groups is 2. The summed E-state index contributed by atoms with van der Waals surface area (Å²) in [5.41, 5.74) is 6.08. The molecule has 0 aliphatic carbocycles. The number of carbonyl (C=O) groups excluding carboxylic acids is 1. The van der Waals surface area contributed by atoms with Crippen LogP contribution >= 0.6 is 0 Å². The van der Waals surface area contributed by atoms with Crippen LogP contribution in [0.2, 0.25) is 0 Å². The van der Waals surface area contributed by atoms with Crippen LogP contribution in [0.5, 0.6) is 5.75 Å². The number of aliphatic carboxylic acids is 1. The summed E-state index contributed by atoms with van der Waals surface area (Å²) >= 11 is 0. The Kier molecular flexibility index (Phi) is 4.77. The monoisotopic (exact) mass is 294 g/mol.